The van der Waals surface area contributed by atoms with Crippen molar-refractivity contribution in [3.8, 4) is 0 Å². The normalized spacial score (nSPS) is 45.2. The van der Waals surface area contributed by atoms with Crippen molar-refractivity contribution >= 4 is 0 Å². The maximum absolute atomic E-state index is 6.45. The molecule has 2 aliphatic carbocycles. The maximum atomic E-state index is 6.45. The summed E-state index contributed by atoms with van der Waals surface area (Å²) in [7, 11) is 0. The molecule has 1 saturated heterocycles. The van der Waals surface area contributed by atoms with Crippen LogP contribution >= 0.6 is 0 Å². The fourth-order valence-corrected chi connectivity index (χ4v) is 4.24. The second kappa shape index (κ2) is 3.75. The summed E-state index contributed by atoms with van der Waals surface area (Å²) in [5.41, 5.74) is -0.406. The zero-order chi connectivity index (χ0) is 14.1. The fraction of sp³-hybridized carbons (Fsp3) is 1.00. The van der Waals surface area contributed by atoms with Crippen molar-refractivity contribution in [1.82, 2.24) is 0 Å². The number of hydrogen-bond donors (Lipinski definition) is 0. The molecule has 3 fully saturated rings. The minimum absolute atomic E-state index is 0.0694. The van der Waals surface area contributed by atoms with E-state index in [1.165, 1.54) is 0 Å². The number of fused-ring (bicyclic) bond motifs is 3. The molecule has 0 aromatic rings. The topological polar surface area (TPSA) is 27.7 Å². The Morgan fingerprint density at radius 3 is 2.16 bits per heavy atom. The Labute approximate surface area is 117 Å². The van der Waals surface area contributed by atoms with Gasteiger partial charge < -0.3 is 14.2 Å². The van der Waals surface area contributed by atoms with Crippen molar-refractivity contribution in [1.29, 1.82) is 0 Å². The fourth-order valence-electron chi connectivity index (χ4n) is 4.24. The van der Waals surface area contributed by atoms with Gasteiger partial charge >= 0.3 is 0 Å². The number of hydrogen-bond acceptors (Lipinski definition) is 3. The molecule has 1 heterocycles. The van der Waals surface area contributed by atoms with Crippen LogP contribution in [0.1, 0.15) is 60.8 Å². The van der Waals surface area contributed by atoms with Crippen LogP contribution in [0.3, 0.4) is 0 Å². The quantitative estimate of drug-likeness (QED) is 0.769. The van der Waals surface area contributed by atoms with Crippen molar-refractivity contribution in [2.45, 2.75) is 89.3 Å². The molecule has 1 aliphatic heterocycles. The Morgan fingerprint density at radius 1 is 0.947 bits per heavy atom. The zero-order valence-corrected chi connectivity index (χ0v) is 13.2. The highest BCUT2D eigenvalue weighted by Crippen LogP contribution is 2.67. The number of ether oxygens (including phenoxy) is 3. The molecule has 4 atom stereocenters. The largest absolute Gasteiger partial charge is 0.372 e. The predicted molar refractivity (Wildman–Crippen MR) is 74.2 cm³/mol. The van der Waals surface area contributed by atoms with Gasteiger partial charge in [-0.25, -0.2) is 0 Å². The van der Waals surface area contributed by atoms with Gasteiger partial charge in [0.05, 0.1) is 17.8 Å². The van der Waals surface area contributed by atoms with E-state index in [0.29, 0.717) is 5.92 Å². The minimum atomic E-state index is -0.119. The van der Waals surface area contributed by atoms with Crippen molar-refractivity contribution in [3.05, 3.63) is 0 Å². The standard InChI is InChI=1S/C16H28O3/c1-13(2,3)18-15-7-8-17-12(15)16(10-11(16)9-15)19-14(4,5)6/h11-12H,7-10H2,1-6H3/t11?,12-,15+,16+/m0/s1. The lowest BCUT2D eigenvalue weighted by Crippen LogP contribution is -2.50. The first kappa shape index (κ1) is 13.8. The Morgan fingerprint density at radius 2 is 1.58 bits per heavy atom. The van der Waals surface area contributed by atoms with Crippen LogP contribution in [0.25, 0.3) is 0 Å². The van der Waals surface area contributed by atoms with Gasteiger partial charge in [0.15, 0.2) is 0 Å². The van der Waals surface area contributed by atoms with E-state index >= 15 is 0 Å². The van der Waals surface area contributed by atoms with Crippen LogP contribution in [0.5, 0.6) is 0 Å². The first-order chi connectivity index (χ1) is 8.57. The summed E-state index contributed by atoms with van der Waals surface area (Å²) in [4.78, 5) is 0. The Balaban J connectivity index is 1.83. The zero-order valence-electron chi connectivity index (χ0n) is 13.2. The first-order valence-electron chi connectivity index (χ1n) is 7.58. The van der Waals surface area contributed by atoms with Gasteiger partial charge in [-0.3, -0.25) is 0 Å². The molecule has 1 unspecified atom stereocenters. The van der Waals surface area contributed by atoms with E-state index in [1.54, 1.807) is 0 Å². The highest BCUT2D eigenvalue weighted by molar-refractivity contribution is 5.26. The second-order valence-corrected chi connectivity index (χ2v) is 8.55. The van der Waals surface area contributed by atoms with E-state index < -0.39 is 0 Å². The smallest absolute Gasteiger partial charge is 0.116 e. The summed E-state index contributed by atoms with van der Waals surface area (Å²) in [6.45, 7) is 13.6. The summed E-state index contributed by atoms with van der Waals surface area (Å²) in [6.07, 6.45) is 3.39. The minimum Gasteiger partial charge on any atom is -0.372 e. The highest BCUT2D eigenvalue weighted by atomic mass is 16.6. The molecule has 0 aromatic carbocycles. The molecule has 3 nitrogen and oxygen atoms in total. The van der Waals surface area contributed by atoms with Crippen LogP contribution in [0.4, 0.5) is 0 Å². The van der Waals surface area contributed by atoms with E-state index in [4.69, 9.17) is 14.2 Å². The van der Waals surface area contributed by atoms with Crippen molar-refractivity contribution in [2.24, 2.45) is 5.92 Å². The second-order valence-electron chi connectivity index (χ2n) is 8.55. The average Bonchev–Trinajstić information content (AvgIpc) is 2.58. The molecule has 2 saturated carbocycles. The van der Waals surface area contributed by atoms with Gasteiger partial charge in [0.25, 0.3) is 0 Å². The third-order valence-electron chi connectivity index (χ3n) is 4.43. The SMILES string of the molecule is CC(C)(C)O[C@@]12CCO[C@@H]1[C@@]1(OC(C)(C)C)CC1C2. The van der Waals surface area contributed by atoms with E-state index in [1.807, 2.05) is 0 Å². The van der Waals surface area contributed by atoms with E-state index in [2.05, 4.69) is 41.5 Å². The summed E-state index contributed by atoms with van der Waals surface area (Å²) in [5.74, 6) is 0.624. The molecular weight excluding hydrogens is 240 g/mol. The molecule has 3 rings (SSSR count). The molecule has 110 valence electrons. The third kappa shape index (κ3) is 2.24. The van der Waals surface area contributed by atoms with Crippen LogP contribution in [0, 0.1) is 5.92 Å². The monoisotopic (exact) mass is 268 g/mol. The van der Waals surface area contributed by atoms with Gasteiger partial charge in [-0.05, 0) is 60.3 Å². The molecule has 0 spiro atoms. The van der Waals surface area contributed by atoms with Crippen LogP contribution in [-0.2, 0) is 14.2 Å². The lowest BCUT2D eigenvalue weighted by Gasteiger charge is -2.40. The molecule has 3 aliphatic rings. The highest BCUT2D eigenvalue weighted by Gasteiger charge is 2.76. The Hall–Kier alpha value is -0.120. The summed E-state index contributed by atoms with van der Waals surface area (Å²) >= 11 is 0. The van der Waals surface area contributed by atoms with E-state index in [-0.39, 0.29) is 28.5 Å². The average molecular weight is 268 g/mol. The van der Waals surface area contributed by atoms with Gasteiger partial charge in [-0.15, -0.1) is 0 Å². The van der Waals surface area contributed by atoms with Gasteiger partial charge in [0.1, 0.15) is 17.3 Å². The lowest BCUT2D eigenvalue weighted by molar-refractivity contribution is -0.194. The summed E-state index contributed by atoms with van der Waals surface area (Å²) in [6, 6.07) is 0. The molecule has 0 aromatic heterocycles. The lowest BCUT2D eigenvalue weighted by atomic mass is 9.91. The van der Waals surface area contributed by atoms with Crippen LogP contribution < -0.4 is 0 Å². The van der Waals surface area contributed by atoms with Gasteiger partial charge in [-0.1, -0.05) is 0 Å². The predicted octanol–water partition coefficient (Wildman–Crippen LogP) is 3.31. The first-order valence-corrected chi connectivity index (χ1v) is 7.58. The maximum Gasteiger partial charge on any atom is 0.116 e. The van der Waals surface area contributed by atoms with E-state index in [0.717, 1.165) is 25.9 Å². The van der Waals surface area contributed by atoms with E-state index in [9.17, 15) is 0 Å². The molecular formula is C16H28O3. The summed E-state index contributed by atoms with van der Waals surface area (Å²) in [5, 5.41) is 0. The molecule has 0 amide bonds. The third-order valence-corrected chi connectivity index (χ3v) is 4.43. The Kier molecular flexibility index (Phi) is 2.73. The molecule has 3 heteroatoms. The van der Waals surface area contributed by atoms with Gasteiger partial charge in [0.2, 0.25) is 0 Å². The van der Waals surface area contributed by atoms with Crippen LogP contribution in [0.2, 0.25) is 0 Å². The van der Waals surface area contributed by atoms with Gasteiger partial charge in [0, 0.05) is 6.42 Å². The Bertz CT molecular complexity index is 378. The molecule has 0 radical (unpaired) electrons. The molecule has 19 heavy (non-hydrogen) atoms. The number of rotatable bonds is 2. The van der Waals surface area contributed by atoms with Crippen LogP contribution in [0.15, 0.2) is 0 Å². The van der Waals surface area contributed by atoms with Crippen LogP contribution in [-0.4, -0.2) is 35.1 Å². The van der Waals surface area contributed by atoms with Gasteiger partial charge in [-0.2, -0.15) is 0 Å². The molecule has 0 bridgehead atoms. The molecule has 0 N–H and O–H groups in total. The summed E-state index contributed by atoms with van der Waals surface area (Å²) < 4.78 is 18.9. The van der Waals surface area contributed by atoms with Crippen molar-refractivity contribution in [2.75, 3.05) is 6.61 Å². The van der Waals surface area contributed by atoms with Crippen molar-refractivity contribution in [3.63, 3.8) is 0 Å². The van der Waals surface area contributed by atoms with Crippen molar-refractivity contribution < 1.29 is 14.2 Å².